The third-order valence-corrected chi connectivity index (χ3v) is 9.08. The van der Waals surface area contributed by atoms with Gasteiger partial charge >= 0.3 is 0 Å². The molecule has 0 radical (unpaired) electrons. The van der Waals surface area contributed by atoms with Crippen molar-refractivity contribution in [2.75, 3.05) is 66.3 Å². The van der Waals surface area contributed by atoms with Crippen LogP contribution in [0, 0.1) is 19.3 Å². The quantitative estimate of drug-likeness (QED) is 0.0743. The number of halogens is 1. The molecule has 1 aliphatic heterocycles. The molecule has 5 rings (SSSR count). The molecule has 0 spiro atoms. The Balaban J connectivity index is 0.000000424. The number of fused-ring (bicyclic) bond motifs is 2. The van der Waals surface area contributed by atoms with Crippen LogP contribution in [0.15, 0.2) is 78.4 Å². The molecule has 5 N–H and O–H groups in total. The molecule has 1 aromatic heterocycles. The van der Waals surface area contributed by atoms with Crippen LogP contribution in [-0.4, -0.2) is 108 Å². The predicted molar refractivity (Wildman–Crippen MR) is 230 cm³/mol. The largest absolute Gasteiger partial charge is 0.381 e. The lowest BCUT2D eigenvalue weighted by Gasteiger charge is -2.38. The molecular formula is C44H69BrN6O3. The van der Waals surface area contributed by atoms with E-state index in [-0.39, 0.29) is 12.3 Å². The Bertz CT molecular complexity index is 1420. The molecule has 3 aromatic rings. The third-order valence-electron chi connectivity index (χ3n) is 8.64. The summed E-state index contributed by atoms with van der Waals surface area (Å²) in [5, 5.41) is 21.0. The smallest absolute Gasteiger partial charge is 0.152 e. The molecule has 1 saturated heterocycles. The number of benzene rings is 2. The van der Waals surface area contributed by atoms with Gasteiger partial charge in [0, 0.05) is 56.6 Å². The molecule has 10 heteroatoms. The van der Waals surface area contributed by atoms with Crippen LogP contribution < -0.4 is 11.1 Å². The third kappa shape index (κ3) is 19.6. The molecule has 0 saturated carbocycles. The average Bonchev–Trinajstić information content (AvgIpc) is 3.29. The fourth-order valence-electron chi connectivity index (χ4n) is 6.25. The summed E-state index contributed by atoms with van der Waals surface area (Å²) in [6, 6.07) is 19.9. The van der Waals surface area contributed by atoms with Gasteiger partial charge in [-0.15, -0.1) is 25.5 Å². The first kappa shape index (κ1) is 49.1. The summed E-state index contributed by atoms with van der Waals surface area (Å²) < 4.78 is 6.08. The van der Waals surface area contributed by atoms with E-state index in [1.165, 1.54) is 33.5 Å². The van der Waals surface area contributed by atoms with Crippen LogP contribution in [0.3, 0.4) is 0 Å². The predicted octanol–water partition coefficient (Wildman–Crippen LogP) is 6.55. The topological polar surface area (TPSA) is 110 Å². The van der Waals surface area contributed by atoms with Crippen molar-refractivity contribution in [1.82, 2.24) is 25.0 Å². The number of rotatable bonds is 11. The fraction of sp³-hybridized carbons (Fsp3) is 0.523. The number of ether oxygens (including phenoxy) is 1. The lowest BCUT2D eigenvalue weighted by Crippen LogP contribution is -2.46. The van der Waals surface area contributed by atoms with Crippen molar-refractivity contribution >= 4 is 15.9 Å². The highest BCUT2D eigenvalue weighted by Crippen LogP contribution is 2.37. The van der Waals surface area contributed by atoms with Crippen molar-refractivity contribution in [3.8, 4) is 12.3 Å². The van der Waals surface area contributed by atoms with Crippen LogP contribution >= 0.6 is 15.9 Å². The number of hydrogen-bond acceptors (Lipinski definition) is 9. The molecule has 0 bridgehead atoms. The molecule has 2 atom stereocenters. The summed E-state index contributed by atoms with van der Waals surface area (Å²) in [5.41, 5.74) is 13.4. The van der Waals surface area contributed by atoms with E-state index in [0.717, 1.165) is 76.0 Å². The fourth-order valence-corrected chi connectivity index (χ4v) is 6.63. The highest BCUT2D eigenvalue weighted by atomic mass is 79.9. The zero-order chi connectivity index (χ0) is 40.5. The van der Waals surface area contributed by atoms with Gasteiger partial charge in [-0.2, -0.15) is 0 Å². The summed E-state index contributed by atoms with van der Waals surface area (Å²) >= 11 is 3.60. The van der Waals surface area contributed by atoms with E-state index in [9.17, 15) is 5.11 Å². The molecule has 1 fully saturated rings. The SMILES string of the molecule is C#CC.C=C.CC(O)OC(C)(C)C.Cc1ccc2c(c1)CCc1cc(Br)cnc1C2N1CCN(C)CC1.NCNCCCN(CO)CCc1ccccc1. The van der Waals surface area contributed by atoms with Gasteiger partial charge in [0.25, 0.3) is 0 Å². The molecule has 0 amide bonds. The minimum absolute atomic E-state index is 0.120. The van der Waals surface area contributed by atoms with E-state index in [1.54, 1.807) is 13.8 Å². The summed E-state index contributed by atoms with van der Waals surface area (Å²) in [6.45, 7) is 24.9. The van der Waals surface area contributed by atoms with Crippen LogP contribution in [-0.2, 0) is 24.0 Å². The molecule has 9 nitrogen and oxygen atoms in total. The highest BCUT2D eigenvalue weighted by Gasteiger charge is 2.31. The van der Waals surface area contributed by atoms with Crippen LogP contribution in [0.1, 0.15) is 80.6 Å². The van der Waals surface area contributed by atoms with Crippen LogP contribution in [0.2, 0.25) is 0 Å². The molecule has 2 heterocycles. The second-order valence-electron chi connectivity index (χ2n) is 14.3. The van der Waals surface area contributed by atoms with E-state index < -0.39 is 6.29 Å². The van der Waals surface area contributed by atoms with Gasteiger partial charge < -0.3 is 30.9 Å². The number of aryl methyl sites for hydroxylation is 3. The van der Waals surface area contributed by atoms with Gasteiger partial charge in [0.05, 0.1) is 24.1 Å². The first-order chi connectivity index (χ1) is 25.8. The standard InChI is InChI=1S/C20H24BrN3.C13H23N3O.C6H14O2.C3H4.C2H4/c1-14-3-6-18-15(11-14)4-5-16-12-17(21)13-22-19(16)20(18)24-9-7-23(2)8-10-24;14-11-15-8-4-9-16(12-17)10-7-13-5-2-1-3-6-13;1-5(7)8-6(2,3)4;1-3-2;1-2/h3,6,11-13,20H,4-5,7-10H2,1-2H3;1-3,5-6,15,17H,4,7-12,14H2;5,7H,1-4H3;1H,2H3;1-2H2. The molecule has 2 unspecified atom stereocenters. The zero-order valence-corrected chi connectivity index (χ0v) is 35.7. The minimum Gasteiger partial charge on any atom is -0.381 e. The van der Waals surface area contributed by atoms with Crippen molar-refractivity contribution < 1.29 is 14.9 Å². The molecule has 54 heavy (non-hydrogen) atoms. The number of pyridine rings is 1. The number of aliphatic hydroxyl groups excluding tert-OH is 2. The Hall–Kier alpha value is -2.95. The van der Waals surface area contributed by atoms with Crippen molar-refractivity contribution in [3.63, 3.8) is 0 Å². The van der Waals surface area contributed by atoms with E-state index in [1.807, 2.05) is 50.1 Å². The molecule has 300 valence electrons. The Morgan fingerprint density at radius 2 is 1.70 bits per heavy atom. The van der Waals surface area contributed by atoms with Crippen LogP contribution in [0.25, 0.3) is 0 Å². The van der Waals surface area contributed by atoms with Crippen LogP contribution in [0.4, 0.5) is 0 Å². The van der Waals surface area contributed by atoms with Crippen molar-refractivity contribution in [2.45, 2.75) is 85.2 Å². The molecule has 2 aromatic carbocycles. The molecular weight excluding hydrogens is 740 g/mol. The summed E-state index contributed by atoms with van der Waals surface area (Å²) in [4.78, 5) is 12.0. The minimum atomic E-state index is -0.657. The van der Waals surface area contributed by atoms with Gasteiger partial charge in [-0.3, -0.25) is 14.8 Å². The van der Waals surface area contributed by atoms with Gasteiger partial charge in [-0.25, -0.2) is 0 Å². The number of piperazine rings is 1. The van der Waals surface area contributed by atoms with Crippen molar-refractivity contribution in [1.29, 1.82) is 0 Å². The number of aliphatic hydroxyl groups is 2. The number of nitrogens with two attached hydrogens (primary N) is 1. The number of aromatic nitrogens is 1. The van der Waals surface area contributed by atoms with Crippen LogP contribution in [0.5, 0.6) is 0 Å². The molecule has 2 aliphatic rings. The Morgan fingerprint density at radius 3 is 2.26 bits per heavy atom. The number of terminal acetylenes is 1. The van der Waals surface area contributed by atoms with E-state index >= 15 is 0 Å². The van der Waals surface area contributed by atoms with Gasteiger partial charge in [-0.1, -0.05) is 54.1 Å². The van der Waals surface area contributed by atoms with Crippen molar-refractivity contribution in [3.05, 3.63) is 112 Å². The number of hydrogen-bond donors (Lipinski definition) is 4. The van der Waals surface area contributed by atoms with E-state index in [2.05, 4.69) is 107 Å². The normalized spacial score (nSPS) is 15.8. The number of nitrogens with zero attached hydrogens (tertiary/aromatic N) is 4. The lowest BCUT2D eigenvalue weighted by atomic mass is 9.95. The lowest BCUT2D eigenvalue weighted by molar-refractivity contribution is -0.154. The van der Waals surface area contributed by atoms with Gasteiger partial charge in [0.1, 0.15) is 0 Å². The zero-order valence-electron chi connectivity index (χ0n) is 34.2. The second kappa shape index (κ2) is 27.6. The van der Waals surface area contributed by atoms with E-state index in [4.69, 9.17) is 20.6 Å². The summed E-state index contributed by atoms with van der Waals surface area (Å²) in [7, 11) is 2.21. The maximum absolute atomic E-state index is 9.24. The van der Waals surface area contributed by atoms with Gasteiger partial charge in [-0.05, 0) is 125 Å². The maximum Gasteiger partial charge on any atom is 0.152 e. The van der Waals surface area contributed by atoms with E-state index in [0.29, 0.717) is 12.7 Å². The number of likely N-dealkylation sites (N-methyl/N-ethyl adjacent to an activating group) is 1. The molecule has 1 aliphatic carbocycles. The monoisotopic (exact) mass is 808 g/mol. The first-order valence-corrected chi connectivity index (χ1v) is 19.8. The van der Waals surface area contributed by atoms with Gasteiger partial charge in [0.2, 0.25) is 0 Å². The first-order valence-electron chi connectivity index (χ1n) is 19.0. The Kier molecular flexibility index (Phi) is 25.1. The second-order valence-corrected chi connectivity index (χ2v) is 15.2. The average molecular weight is 810 g/mol. The van der Waals surface area contributed by atoms with Crippen molar-refractivity contribution in [2.24, 2.45) is 5.73 Å². The van der Waals surface area contributed by atoms with Gasteiger partial charge in [0.15, 0.2) is 6.29 Å². The summed E-state index contributed by atoms with van der Waals surface area (Å²) in [6.07, 6.45) is 10.1. The Morgan fingerprint density at radius 1 is 1.07 bits per heavy atom. The summed E-state index contributed by atoms with van der Waals surface area (Å²) in [5.74, 6) is 2.25. The highest BCUT2D eigenvalue weighted by molar-refractivity contribution is 9.10. The number of nitrogens with one attached hydrogen (secondary N) is 1. The maximum atomic E-state index is 9.24. The Labute approximate surface area is 336 Å².